The van der Waals surface area contributed by atoms with E-state index in [1.54, 1.807) is 23.1 Å². The van der Waals surface area contributed by atoms with Crippen LogP contribution in [0.1, 0.15) is 70.6 Å². The summed E-state index contributed by atoms with van der Waals surface area (Å²) < 4.78 is 24.6. The molecule has 2 amide bonds. The number of carbonyl (C=O) groups excluding carboxylic acids is 4. The number of aromatic nitrogens is 2. The van der Waals surface area contributed by atoms with Crippen LogP contribution in [0.5, 0.6) is 0 Å². The fourth-order valence-corrected chi connectivity index (χ4v) is 11.2. The first kappa shape index (κ1) is 46.7. The molecule has 0 saturated carbocycles. The molecule has 354 valence electrons. The zero-order chi connectivity index (χ0) is 48.5. The number of nitrogens with zero attached hydrogens (tertiary/aromatic N) is 3. The third-order valence-electron chi connectivity index (χ3n) is 14.2. The Balaban J connectivity index is 0.858. The Hall–Kier alpha value is -7.01. The van der Waals surface area contributed by atoms with Crippen molar-refractivity contribution in [2.24, 2.45) is 11.3 Å². The normalized spacial score (nSPS) is 16.4. The lowest BCUT2D eigenvalue weighted by atomic mass is 9.73. The Morgan fingerprint density at radius 2 is 1.36 bits per heavy atom. The number of para-hydroxylation sites is 2. The number of ether oxygens (including phenoxy) is 1. The summed E-state index contributed by atoms with van der Waals surface area (Å²) in [5.41, 5.74) is 7.60. The molecule has 2 aliphatic carbocycles. The standard InChI is InChI=1S/C58H51Cl2FN4O5/c1-58(57(69)63(33-37-14-5-2-6-15-37)34-41-24-26-42(59)31-48(41)61)29-28-51-46(32-58)43-20-11-12-23-49(43)64(51)35-52(66)70-53(67)36-65-50-27-25-40(30-45(50)44-21-13-22-47(60)55(44)65)56(68)62-54(38-16-7-3-8-17-38)39-18-9-4-10-19-39/h2-24,26,31,40,54H,25,27-30,32-36H2,1H3,(H,62,68). The van der Waals surface area contributed by atoms with Crippen LogP contribution in [0.25, 0.3) is 21.8 Å². The smallest absolute Gasteiger partial charge is 0.333 e. The highest BCUT2D eigenvalue weighted by atomic mass is 35.5. The van der Waals surface area contributed by atoms with Gasteiger partial charge < -0.3 is 24.1 Å². The van der Waals surface area contributed by atoms with Crippen LogP contribution in [0.15, 0.2) is 152 Å². The van der Waals surface area contributed by atoms with E-state index in [2.05, 4.69) is 5.32 Å². The monoisotopic (exact) mass is 972 g/mol. The average Bonchev–Trinajstić information content (AvgIpc) is 3.85. The second kappa shape index (κ2) is 19.8. The maximum atomic E-state index is 15.2. The van der Waals surface area contributed by atoms with E-state index in [-0.39, 0.29) is 48.4 Å². The molecule has 9 nitrogen and oxygen atoms in total. The third-order valence-corrected chi connectivity index (χ3v) is 14.8. The zero-order valence-corrected chi connectivity index (χ0v) is 40.2. The summed E-state index contributed by atoms with van der Waals surface area (Å²) in [7, 11) is 0. The maximum absolute atomic E-state index is 15.2. The van der Waals surface area contributed by atoms with Crippen molar-refractivity contribution in [3.05, 3.63) is 212 Å². The zero-order valence-electron chi connectivity index (χ0n) is 38.7. The molecule has 0 spiro atoms. The van der Waals surface area contributed by atoms with Crippen molar-refractivity contribution < 1.29 is 28.3 Å². The molecule has 6 aromatic carbocycles. The molecule has 1 N–H and O–H groups in total. The highest BCUT2D eigenvalue weighted by Gasteiger charge is 2.42. The SMILES string of the molecule is CC1(C(=O)N(Cc2ccccc2)Cc2ccc(Cl)cc2F)CCc2c(c3ccccc3n2CC(=O)OC(=O)Cn2c3c(c4cccc(Cl)c42)CC(C(=O)NC(c2ccccc2)c2ccccc2)CC3)C1. The van der Waals surface area contributed by atoms with Crippen LogP contribution < -0.4 is 5.32 Å². The van der Waals surface area contributed by atoms with Crippen molar-refractivity contribution >= 4 is 68.8 Å². The summed E-state index contributed by atoms with van der Waals surface area (Å²) >= 11 is 13.0. The topological polar surface area (TPSA) is 103 Å². The molecule has 0 aliphatic heterocycles. The average molecular weight is 974 g/mol. The summed E-state index contributed by atoms with van der Waals surface area (Å²) in [5.74, 6) is -2.38. The number of hydrogen-bond acceptors (Lipinski definition) is 5. The van der Waals surface area contributed by atoms with Crippen LogP contribution in [0, 0.1) is 17.2 Å². The molecule has 0 saturated heterocycles. The van der Waals surface area contributed by atoms with Gasteiger partial charge in [-0.2, -0.15) is 0 Å². The maximum Gasteiger partial charge on any atom is 0.333 e. The van der Waals surface area contributed by atoms with Crippen molar-refractivity contribution in [1.29, 1.82) is 0 Å². The molecule has 2 aromatic heterocycles. The molecule has 70 heavy (non-hydrogen) atoms. The van der Waals surface area contributed by atoms with Gasteiger partial charge in [-0.1, -0.05) is 158 Å². The molecule has 12 heteroatoms. The minimum absolute atomic E-state index is 0.0527. The second-order valence-electron chi connectivity index (χ2n) is 18.8. The molecule has 8 aromatic rings. The predicted molar refractivity (Wildman–Crippen MR) is 271 cm³/mol. The van der Waals surface area contributed by atoms with E-state index in [0.717, 1.165) is 55.5 Å². The van der Waals surface area contributed by atoms with Crippen LogP contribution in [0.3, 0.4) is 0 Å². The third kappa shape index (κ3) is 9.38. The molecule has 0 fully saturated rings. The first-order valence-corrected chi connectivity index (χ1v) is 24.5. The number of hydrogen-bond donors (Lipinski definition) is 1. The number of esters is 2. The van der Waals surface area contributed by atoms with E-state index in [1.165, 1.54) is 6.07 Å². The van der Waals surface area contributed by atoms with Gasteiger partial charge in [-0.15, -0.1) is 0 Å². The van der Waals surface area contributed by atoms with E-state index < -0.39 is 23.2 Å². The molecular formula is C58H51Cl2FN4O5. The molecule has 10 rings (SSSR count). The Morgan fingerprint density at radius 1 is 0.729 bits per heavy atom. The molecule has 2 heterocycles. The van der Waals surface area contributed by atoms with Gasteiger partial charge in [0.1, 0.15) is 18.9 Å². The second-order valence-corrected chi connectivity index (χ2v) is 19.7. The van der Waals surface area contributed by atoms with Crippen LogP contribution in [0.2, 0.25) is 10.0 Å². The molecule has 0 radical (unpaired) electrons. The highest BCUT2D eigenvalue weighted by Crippen LogP contribution is 2.43. The number of rotatable bonds is 13. The minimum atomic E-state index is -0.841. The lowest BCUT2D eigenvalue weighted by Gasteiger charge is -2.38. The Bertz CT molecular complexity index is 3240. The quantitative estimate of drug-likeness (QED) is 0.0916. The summed E-state index contributed by atoms with van der Waals surface area (Å²) in [6.45, 7) is 1.87. The number of nitrogens with one attached hydrogen (secondary N) is 1. The van der Waals surface area contributed by atoms with Crippen molar-refractivity contribution in [2.75, 3.05) is 0 Å². The van der Waals surface area contributed by atoms with Crippen molar-refractivity contribution in [3.8, 4) is 0 Å². The van der Waals surface area contributed by atoms with Gasteiger partial charge in [0.15, 0.2) is 0 Å². The van der Waals surface area contributed by atoms with E-state index in [9.17, 15) is 19.2 Å². The highest BCUT2D eigenvalue weighted by molar-refractivity contribution is 6.35. The van der Waals surface area contributed by atoms with Crippen LogP contribution in [0.4, 0.5) is 4.39 Å². The lowest BCUT2D eigenvalue weighted by Crippen LogP contribution is -2.45. The number of amides is 2. The van der Waals surface area contributed by atoms with Gasteiger partial charge in [-0.3, -0.25) is 9.59 Å². The van der Waals surface area contributed by atoms with Gasteiger partial charge in [-0.25, -0.2) is 14.0 Å². The number of halogens is 3. The molecule has 2 atom stereocenters. The van der Waals surface area contributed by atoms with E-state index in [0.29, 0.717) is 61.2 Å². The van der Waals surface area contributed by atoms with Crippen molar-refractivity contribution in [3.63, 3.8) is 0 Å². The van der Waals surface area contributed by atoms with Gasteiger partial charge >= 0.3 is 11.9 Å². The van der Waals surface area contributed by atoms with Crippen molar-refractivity contribution in [1.82, 2.24) is 19.4 Å². The summed E-state index contributed by atoms with van der Waals surface area (Å²) in [4.78, 5) is 58.4. The molecular weight excluding hydrogens is 923 g/mol. The summed E-state index contributed by atoms with van der Waals surface area (Å²) in [5, 5.41) is 5.84. The number of fused-ring (bicyclic) bond motifs is 6. The summed E-state index contributed by atoms with van der Waals surface area (Å²) in [6.07, 6.45) is 2.89. The van der Waals surface area contributed by atoms with Crippen LogP contribution >= 0.6 is 23.2 Å². The fraction of sp³-hybridized carbons (Fsp3) is 0.241. The number of benzene rings is 6. The van der Waals surface area contributed by atoms with Gasteiger partial charge in [0, 0.05) is 57.3 Å². The van der Waals surface area contributed by atoms with E-state index in [1.807, 2.05) is 143 Å². The van der Waals surface area contributed by atoms with E-state index in [4.69, 9.17) is 27.9 Å². The first-order valence-electron chi connectivity index (χ1n) is 23.7. The molecule has 2 aliphatic rings. The number of carbonyl (C=O) groups is 4. The Kier molecular flexibility index (Phi) is 13.2. The van der Waals surface area contributed by atoms with Gasteiger partial charge in [-0.05, 0) is 90.6 Å². The minimum Gasteiger partial charge on any atom is -0.390 e. The first-order chi connectivity index (χ1) is 33.9. The molecule has 2 unspecified atom stereocenters. The Labute approximate surface area is 415 Å². The van der Waals surface area contributed by atoms with Gasteiger partial charge in [0.05, 0.1) is 22.0 Å². The molecule has 0 bridgehead atoms. The van der Waals surface area contributed by atoms with Crippen LogP contribution in [-0.2, 0) is 75.8 Å². The van der Waals surface area contributed by atoms with Gasteiger partial charge in [0.25, 0.3) is 0 Å². The Morgan fingerprint density at radius 3 is 2.06 bits per heavy atom. The lowest BCUT2D eigenvalue weighted by molar-refractivity contribution is -0.160. The van der Waals surface area contributed by atoms with E-state index >= 15 is 4.39 Å². The predicted octanol–water partition coefficient (Wildman–Crippen LogP) is 11.5. The summed E-state index contributed by atoms with van der Waals surface area (Å²) in [6, 6.07) is 47.1. The van der Waals surface area contributed by atoms with Gasteiger partial charge in [0.2, 0.25) is 11.8 Å². The fourth-order valence-electron chi connectivity index (χ4n) is 10.8. The van der Waals surface area contributed by atoms with Crippen LogP contribution in [-0.4, -0.2) is 37.8 Å². The largest absolute Gasteiger partial charge is 0.390 e. The van der Waals surface area contributed by atoms with Crippen molar-refractivity contribution in [2.45, 2.75) is 77.7 Å².